The van der Waals surface area contributed by atoms with Crippen LogP contribution in [-0.4, -0.2) is 12.0 Å². The van der Waals surface area contributed by atoms with Gasteiger partial charge in [-0.2, -0.15) is 0 Å². The smallest absolute Gasteiger partial charge is 0.265 e. The van der Waals surface area contributed by atoms with Crippen molar-refractivity contribution >= 4 is 45.6 Å². The molecule has 0 spiro atoms. The summed E-state index contributed by atoms with van der Waals surface area (Å²) < 4.78 is 5.74. The molecule has 5 heteroatoms. The van der Waals surface area contributed by atoms with Gasteiger partial charge in [0.1, 0.15) is 5.75 Å². The first-order valence-corrected chi connectivity index (χ1v) is 8.20. The number of fused-ring (bicyclic) bond motifs is 1. The molecule has 3 aromatic carbocycles. The van der Waals surface area contributed by atoms with Gasteiger partial charge in [0.15, 0.2) is 6.10 Å². The first kappa shape index (κ1) is 16.6. The van der Waals surface area contributed by atoms with Crippen LogP contribution in [0.15, 0.2) is 60.7 Å². The second-order valence-electron chi connectivity index (χ2n) is 5.38. The summed E-state index contributed by atoms with van der Waals surface area (Å²) in [6, 6.07) is 18.6. The molecule has 0 aliphatic carbocycles. The SMILES string of the molecule is C[C@@H](Oc1ccc2ccccc2c1)C(=O)Nc1cc(Cl)ccc1Cl. The Balaban J connectivity index is 1.72. The van der Waals surface area contributed by atoms with Crippen LogP contribution in [0.3, 0.4) is 0 Å². The molecule has 3 rings (SSSR count). The van der Waals surface area contributed by atoms with Gasteiger partial charge in [0.2, 0.25) is 0 Å². The Morgan fingerprint density at radius 3 is 2.54 bits per heavy atom. The largest absolute Gasteiger partial charge is 0.481 e. The van der Waals surface area contributed by atoms with Crippen molar-refractivity contribution in [2.45, 2.75) is 13.0 Å². The fourth-order valence-corrected chi connectivity index (χ4v) is 2.66. The average Bonchev–Trinajstić information content (AvgIpc) is 2.58. The van der Waals surface area contributed by atoms with E-state index in [9.17, 15) is 4.79 Å². The first-order chi connectivity index (χ1) is 11.5. The molecule has 0 fully saturated rings. The number of amides is 1. The lowest BCUT2D eigenvalue weighted by Crippen LogP contribution is -2.30. The van der Waals surface area contributed by atoms with Gasteiger partial charge in [-0.3, -0.25) is 4.79 Å². The predicted octanol–water partition coefficient (Wildman–Crippen LogP) is 5.55. The van der Waals surface area contributed by atoms with Gasteiger partial charge in [-0.15, -0.1) is 0 Å². The van der Waals surface area contributed by atoms with Crippen molar-refractivity contribution in [1.29, 1.82) is 0 Å². The number of carbonyl (C=O) groups is 1. The summed E-state index contributed by atoms with van der Waals surface area (Å²) in [5.74, 6) is 0.334. The summed E-state index contributed by atoms with van der Waals surface area (Å²) in [4.78, 5) is 12.3. The van der Waals surface area contributed by atoms with E-state index in [4.69, 9.17) is 27.9 Å². The molecule has 0 aromatic heterocycles. The van der Waals surface area contributed by atoms with Gasteiger partial charge in [0.25, 0.3) is 5.91 Å². The van der Waals surface area contributed by atoms with E-state index in [-0.39, 0.29) is 5.91 Å². The molecule has 3 nitrogen and oxygen atoms in total. The van der Waals surface area contributed by atoms with Crippen molar-refractivity contribution in [3.8, 4) is 5.75 Å². The molecule has 0 saturated heterocycles. The van der Waals surface area contributed by atoms with E-state index in [1.54, 1.807) is 25.1 Å². The Morgan fingerprint density at radius 1 is 1.00 bits per heavy atom. The molecule has 0 heterocycles. The second kappa shape index (κ2) is 7.12. The van der Waals surface area contributed by atoms with Gasteiger partial charge in [-0.05, 0) is 48.0 Å². The Bertz CT molecular complexity index is 895. The quantitative estimate of drug-likeness (QED) is 0.662. The van der Waals surface area contributed by atoms with Crippen LogP contribution in [0.25, 0.3) is 10.8 Å². The number of anilines is 1. The molecule has 0 bridgehead atoms. The van der Waals surface area contributed by atoms with Crippen LogP contribution in [-0.2, 0) is 4.79 Å². The number of halogens is 2. The molecular weight excluding hydrogens is 345 g/mol. The topological polar surface area (TPSA) is 38.3 Å². The fourth-order valence-electron chi connectivity index (χ4n) is 2.33. The zero-order valence-electron chi connectivity index (χ0n) is 12.9. The van der Waals surface area contributed by atoms with Crippen molar-refractivity contribution in [3.05, 3.63) is 70.7 Å². The maximum atomic E-state index is 12.3. The third kappa shape index (κ3) is 3.81. The number of ether oxygens (including phenoxy) is 1. The summed E-state index contributed by atoms with van der Waals surface area (Å²) >= 11 is 12.0. The highest BCUT2D eigenvalue weighted by atomic mass is 35.5. The van der Waals surface area contributed by atoms with Crippen LogP contribution in [0.5, 0.6) is 5.75 Å². The van der Waals surface area contributed by atoms with Crippen molar-refractivity contribution < 1.29 is 9.53 Å². The lowest BCUT2D eigenvalue weighted by molar-refractivity contribution is -0.122. The minimum absolute atomic E-state index is 0.299. The summed E-state index contributed by atoms with van der Waals surface area (Å²) in [6.45, 7) is 1.68. The number of hydrogen-bond donors (Lipinski definition) is 1. The van der Waals surface area contributed by atoms with Crippen LogP contribution >= 0.6 is 23.2 Å². The number of hydrogen-bond acceptors (Lipinski definition) is 2. The van der Waals surface area contributed by atoms with Crippen molar-refractivity contribution in [2.24, 2.45) is 0 Å². The highest BCUT2D eigenvalue weighted by Crippen LogP contribution is 2.26. The minimum atomic E-state index is -0.679. The molecule has 0 radical (unpaired) electrons. The Labute approximate surface area is 150 Å². The highest BCUT2D eigenvalue weighted by molar-refractivity contribution is 6.35. The molecule has 24 heavy (non-hydrogen) atoms. The standard InChI is InChI=1S/C19H15Cl2NO2/c1-12(19(23)22-18-11-15(20)7-9-17(18)21)24-16-8-6-13-4-2-3-5-14(13)10-16/h2-12H,1H3,(H,22,23)/t12-/m1/s1. The van der Waals surface area contributed by atoms with E-state index in [1.165, 1.54) is 0 Å². The van der Waals surface area contributed by atoms with E-state index in [2.05, 4.69) is 5.32 Å². The molecular formula is C19H15Cl2NO2. The van der Waals surface area contributed by atoms with Crippen molar-refractivity contribution in [3.63, 3.8) is 0 Å². The van der Waals surface area contributed by atoms with Crippen LogP contribution in [0.1, 0.15) is 6.92 Å². The van der Waals surface area contributed by atoms with Crippen molar-refractivity contribution in [2.75, 3.05) is 5.32 Å². The van der Waals surface area contributed by atoms with Crippen LogP contribution in [0.4, 0.5) is 5.69 Å². The van der Waals surface area contributed by atoms with Gasteiger partial charge in [-0.25, -0.2) is 0 Å². The summed E-state index contributed by atoms with van der Waals surface area (Å²) in [5.41, 5.74) is 0.461. The maximum Gasteiger partial charge on any atom is 0.265 e. The lowest BCUT2D eigenvalue weighted by Gasteiger charge is -2.16. The fraction of sp³-hybridized carbons (Fsp3) is 0.105. The van der Waals surface area contributed by atoms with Crippen molar-refractivity contribution in [1.82, 2.24) is 0 Å². The first-order valence-electron chi connectivity index (χ1n) is 7.44. The third-order valence-electron chi connectivity index (χ3n) is 3.59. The summed E-state index contributed by atoms with van der Waals surface area (Å²) in [7, 11) is 0. The van der Waals surface area contributed by atoms with Gasteiger partial charge in [-0.1, -0.05) is 53.5 Å². The highest BCUT2D eigenvalue weighted by Gasteiger charge is 2.16. The van der Waals surface area contributed by atoms with Gasteiger partial charge < -0.3 is 10.1 Å². The number of rotatable bonds is 4. The molecule has 1 atom stereocenters. The Kier molecular flexibility index (Phi) is 4.93. The third-order valence-corrected chi connectivity index (χ3v) is 4.15. The zero-order chi connectivity index (χ0) is 17.1. The molecule has 1 N–H and O–H groups in total. The molecule has 122 valence electrons. The minimum Gasteiger partial charge on any atom is -0.481 e. The maximum absolute atomic E-state index is 12.3. The lowest BCUT2D eigenvalue weighted by atomic mass is 10.1. The number of carbonyl (C=O) groups excluding carboxylic acids is 1. The van der Waals surface area contributed by atoms with Gasteiger partial charge in [0.05, 0.1) is 10.7 Å². The Hall–Kier alpha value is -2.23. The molecule has 3 aromatic rings. The van der Waals surface area contributed by atoms with Gasteiger partial charge in [0, 0.05) is 5.02 Å². The van der Waals surface area contributed by atoms with E-state index in [1.807, 2.05) is 42.5 Å². The summed E-state index contributed by atoms with van der Waals surface area (Å²) in [5, 5.41) is 5.82. The molecule has 0 unspecified atom stereocenters. The second-order valence-corrected chi connectivity index (χ2v) is 6.23. The van der Waals surface area contributed by atoms with Crippen LogP contribution in [0, 0.1) is 0 Å². The number of nitrogens with one attached hydrogen (secondary N) is 1. The molecule has 0 aliphatic rings. The van der Waals surface area contributed by atoms with Gasteiger partial charge >= 0.3 is 0 Å². The molecule has 0 saturated carbocycles. The average molecular weight is 360 g/mol. The van der Waals surface area contributed by atoms with Crippen LogP contribution in [0.2, 0.25) is 10.0 Å². The van der Waals surface area contributed by atoms with E-state index in [0.717, 1.165) is 10.8 Å². The predicted molar refractivity (Wildman–Crippen MR) is 99.1 cm³/mol. The Morgan fingerprint density at radius 2 is 1.75 bits per heavy atom. The van der Waals surface area contributed by atoms with E-state index < -0.39 is 6.10 Å². The van der Waals surface area contributed by atoms with E-state index in [0.29, 0.717) is 21.5 Å². The molecule has 0 aliphatic heterocycles. The molecule has 1 amide bonds. The van der Waals surface area contributed by atoms with E-state index >= 15 is 0 Å². The number of benzene rings is 3. The normalized spacial score (nSPS) is 12.0. The zero-order valence-corrected chi connectivity index (χ0v) is 14.4. The summed E-state index contributed by atoms with van der Waals surface area (Å²) in [6.07, 6.45) is -0.679. The van der Waals surface area contributed by atoms with Crippen LogP contribution < -0.4 is 10.1 Å². The monoisotopic (exact) mass is 359 g/mol.